The van der Waals surface area contributed by atoms with E-state index in [4.69, 9.17) is 23.4 Å². The molecule has 214 valence electrons. The van der Waals surface area contributed by atoms with Gasteiger partial charge in [0, 0.05) is 23.2 Å². The van der Waals surface area contributed by atoms with E-state index in [1.54, 1.807) is 24.3 Å². The lowest BCUT2D eigenvalue weighted by atomic mass is 10.1. The molecule has 0 aliphatic carbocycles. The third-order valence-corrected chi connectivity index (χ3v) is 5.77. The number of fused-ring (bicyclic) bond motifs is 1. The van der Waals surface area contributed by atoms with Gasteiger partial charge in [-0.3, -0.25) is 15.4 Å². The Balaban J connectivity index is 1.36. The number of carbonyl (C=O) groups is 1. The number of nitrogens with one attached hydrogen (secondary N) is 1. The van der Waals surface area contributed by atoms with Crippen molar-refractivity contribution in [1.82, 2.24) is 0 Å². The van der Waals surface area contributed by atoms with E-state index < -0.39 is 28.4 Å². The number of hydrogen-bond acceptors (Lipinski definition) is 9. The van der Waals surface area contributed by atoms with Crippen molar-refractivity contribution in [2.24, 2.45) is 0 Å². The molecule has 41 heavy (non-hydrogen) atoms. The maximum atomic E-state index is 13.2. The van der Waals surface area contributed by atoms with Crippen molar-refractivity contribution in [2.45, 2.75) is 19.4 Å². The highest BCUT2D eigenvalue weighted by Gasteiger charge is 2.33. The summed E-state index contributed by atoms with van der Waals surface area (Å²) in [7, 11) is 2.77. The van der Waals surface area contributed by atoms with Crippen molar-refractivity contribution in [2.75, 3.05) is 19.5 Å². The molecule has 0 bridgehead atoms. The predicted molar refractivity (Wildman–Crippen MR) is 138 cm³/mol. The van der Waals surface area contributed by atoms with Gasteiger partial charge in [-0.15, -0.1) is 0 Å². The first kappa shape index (κ1) is 28.7. The minimum absolute atomic E-state index is 0.0537. The quantitative estimate of drug-likeness (QED) is 0.143. The highest BCUT2D eigenvalue weighted by molar-refractivity contribution is 5.90. The summed E-state index contributed by atoms with van der Waals surface area (Å²) in [6.07, 6.45) is -5.66. The van der Waals surface area contributed by atoms with Gasteiger partial charge < -0.3 is 23.4 Å². The molecule has 0 atom stereocenters. The number of alkyl halides is 3. The van der Waals surface area contributed by atoms with Crippen LogP contribution >= 0.6 is 0 Å². The summed E-state index contributed by atoms with van der Waals surface area (Å²) in [5, 5.41) is 13.5. The number of ether oxygens (including phenoxy) is 4. The molecule has 0 saturated carbocycles. The number of carbonyl (C=O) groups excluding carboxylic acids is 1. The first-order valence-corrected chi connectivity index (χ1v) is 11.7. The van der Waals surface area contributed by atoms with Crippen molar-refractivity contribution in [3.8, 4) is 17.2 Å². The number of rotatable bonds is 9. The Morgan fingerprint density at radius 3 is 2.29 bits per heavy atom. The van der Waals surface area contributed by atoms with Gasteiger partial charge in [0.2, 0.25) is 0 Å². The van der Waals surface area contributed by atoms with Crippen LogP contribution < -0.4 is 25.2 Å². The zero-order valence-corrected chi connectivity index (χ0v) is 21.4. The molecule has 1 heterocycles. The second-order valence-corrected chi connectivity index (χ2v) is 8.41. The average Bonchev–Trinajstić information content (AvgIpc) is 2.93. The number of anilines is 1. The summed E-state index contributed by atoms with van der Waals surface area (Å²) in [5.74, 6) is 0.902. The number of nitro benzene ring substituents is 1. The number of halogens is 3. The van der Waals surface area contributed by atoms with Gasteiger partial charge in [-0.05, 0) is 35.9 Å². The maximum Gasteiger partial charge on any atom is 0.417 e. The van der Waals surface area contributed by atoms with Crippen LogP contribution in [-0.2, 0) is 24.1 Å². The van der Waals surface area contributed by atoms with E-state index in [1.165, 1.54) is 32.4 Å². The van der Waals surface area contributed by atoms with E-state index in [0.717, 1.165) is 12.1 Å². The molecule has 0 aliphatic rings. The van der Waals surface area contributed by atoms with Crippen LogP contribution in [0.1, 0.15) is 16.7 Å². The third kappa shape index (κ3) is 6.84. The van der Waals surface area contributed by atoms with Crippen molar-refractivity contribution >= 4 is 28.4 Å². The summed E-state index contributed by atoms with van der Waals surface area (Å²) in [4.78, 5) is 34.7. The molecular weight excluding hydrogens is 553 g/mol. The summed E-state index contributed by atoms with van der Waals surface area (Å²) in [5.41, 5.74) is -1.99. The number of amides is 1. The van der Waals surface area contributed by atoms with E-state index in [-0.39, 0.29) is 46.9 Å². The van der Waals surface area contributed by atoms with Gasteiger partial charge >= 0.3 is 17.9 Å². The molecule has 1 aromatic heterocycles. The second kappa shape index (κ2) is 11.9. The second-order valence-electron chi connectivity index (χ2n) is 8.41. The molecule has 14 heteroatoms. The van der Waals surface area contributed by atoms with Crippen LogP contribution in [0.25, 0.3) is 11.0 Å². The fraction of sp³-hybridized carbons (Fsp3) is 0.185. The Morgan fingerprint density at radius 1 is 0.976 bits per heavy atom. The minimum Gasteiger partial charge on any atom is -0.493 e. The molecule has 0 radical (unpaired) electrons. The molecule has 0 spiro atoms. The molecule has 0 saturated heterocycles. The van der Waals surface area contributed by atoms with E-state index in [2.05, 4.69) is 5.32 Å². The van der Waals surface area contributed by atoms with Crippen LogP contribution in [0.2, 0.25) is 0 Å². The van der Waals surface area contributed by atoms with Crippen molar-refractivity contribution in [3.05, 3.63) is 97.9 Å². The van der Waals surface area contributed by atoms with Crippen LogP contribution in [0, 0.1) is 10.1 Å². The van der Waals surface area contributed by atoms with Crippen molar-refractivity contribution in [1.29, 1.82) is 0 Å². The van der Waals surface area contributed by atoms with Gasteiger partial charge in [0.05, 0.1) is 36.3 Å². The Morgan fingerprint density at radius 2 is 1.66 bits per heavy atom. The van der Waals surface area contributed by atoms with Gasteiger partial charge in [-0.2, -0.15) is 13.2 Å². The number of nitrogens with zero attached hydrogens (tertiary/aromatic N) is 1. The average molecular weight is 574 g/mol. The standard InChI is InChI=1S/C27H21F3N2O9/c1-37-23-9-16(21(32(35)36)12-24(23)38-2)14-39-18-6-3-15(4-7-18)13-40-26(34)31-17-5-8-19-20(27(28,29)30)11-25(33)41-22(19)10-17/h3-12H,13-14H2,1-2H3,(H,31,34). The van der Waals surface area contributed by atoms with Crippen molar-refractivity contribution < 1.29 is 46.3 Å². The van der Waals surface area contributed by atoms with Gasteiger partial charge in [-0.1, -0.05) is 12.1 Å². The lowest BCUT2D eigenvalue weighted by Crippen LogP contribution is -2.14. The first-order chi connectivity index (χ1) is 19.5. The fourth-order valence-electron chi connectivity index (χ4n) is 3.82. The first-order valence-electron chi connectivity index (χ1n) is 11.7. The van der Waals surface area contributed by atoms with E-state index in [1.807, 2.05) is 0 Å². The molecule has 1 amide bonds. The Labute approximate surface area is 229 Å². The van der Waals surface area contributed by atoms with E-state index in [9.17, 15) is 32.9 Å². The summed E-state index contributed by atoms with van der Waals surface area (Å²) in [6.45, 7) is -0.292. The molecule has 4 aromatic rings. The molecule has 1 N–H and O–H groups in total. The van der Waals surface area contributed by atoms with Crippen LogP contribution in [-0.4, -0.2) is 25.2 Å². The maximum absolute atomic E-state index is 13.2. The third-order valence-electron chi connectivity index (χ3n) is 5.77. The fourth-order valence-corrected chi connectivity index (χ4v) is 3.82. The topological polar surface area (TPSA) is 139 Å². The van der Waals surface area contributed by atoms with Gasteiger partial charge in [0.1, 0.15) is 24.5 Å². The smallest absolute Gasteiger partial charge is 0.417 e. The summed E-state index contributed by atoms with van der Waals surface area (Å²) >= 11 is 0. The van der Waals surface area contributed by atoms with Crippen LogP contribution in [0.15, 0.2) is 69.9 Å². The zero-order valence-electron chi connectivity index (χ0n) is 21.4. The summed E-state index contributed by atoms with van der Waals surface area (Å²) < 4.78 is 65.6. The number of methoxy groups -OCH3 is 2. The van der Waals surface area contributed by atoms with Crippen LogP contribution in [0.4, 0.5) is 29.3 Å². The Bertz CT molecular complexity index is 1650. The highest BCUT2D eigenvalue weighted by atomic mass is 19.4. The Hall–Kier alpha value is -5.27. The lowest BCUT2D eigenvalue weighted by molar-refractivity contribution is -0.385. The Kier molecular flexibility index (Phi) is 8.31. The normalized spacial score (nSPS) is 11.1. The largest absolute Gasteiger partial charge is 0.493 e. The lowest BCUT2D eigenvalue weighted by Gasteiger charge is -2.12. The highest BCUT2D eigenvalue weighted by Crippen LogP contribution is 2.36. The summed E-state index contributed by atoms with van der Waals surface area (Å²) in [6, 6.07) is 12.8. The van der Waals surface area contributed by atoms with Crippen LogP contribution in [0.5, 0.6) is 17.2 Å². The predicted octanol–water partition coefficient (Wildman–Crippen LogP) is 6.06. The van der Waals surface area contributed by atoms with Crippen molar-refractivity contribution in [3.63, 3.8) is 0 Å². The number of hydrogen-bond donors (Lipinski definition) is 1. The molecule has 0 unspecified atom stereocenters. The molecular formula is C27H21F3N2O9. The van der Waals surface area contributed by atoms with E-state index >= 15 is 0 Å². The molecule has 4 rings (SSSR count). The zero-order chi connectivity index (χ0) is 29.7. The molecule has 3 aromatic carbocycles. The van der Waals surface area contributed by atoms with Gasteiger partial charge in [0.25, 0.3) is 5.69 Å². The monoisotopic (exact) mass is 574 g/mol. The SMILES string of the molecule is COc1cc(COc2ccc(COC(=O)Nc3ccc4c(C(F)(F)F)cc(=O)oc4c3)cc2)c([N+](=O)[O-])cc1OC. The minimum atomic E-state index is -4.76. The molecule has 0 aliphatic heterocycles. The van der Waals surface area contributed by atoms with Gasteiger partial charge in [0.15, 0.2) is 11.5 Å². The number of benzene rings is 3. The van der Waals surface area contributed by atoms with Gasteiger partial charge in [-0.25, -0.2) is 9.59 Å². The molecule has 11 nitrogen and oxygen atoms in total. The molecule has 0 fully saturated rings. The number of nitro groups is 1. The van der Waals surface area contributed by atoms with Crippen LogP contribution in [0.3, 0.4) is 0 Å². The van der Waals surface area contributed by atoms with E-state index in [0.29, 0.717) is 23.1 Å².